The molecule has 0 aliphatic carbocycles. The van der Waals surface area contributed by atoms with Gasteiger partial charge in [0.25, 0.3) is 0 Å². The minimum absolute atomic E-state index is 0.174. The lowest BCUT2D eigenvalue weighted by Crippen LogP contribution is -2.18. The molecule has 0 aliphatic rings. The Morgan fingerprint density at radius 3 is 2.23 bits per heavy atom. The first-order chi connectivity index (χ1) is 14.5. The predicted molar refractivity (Wildman–Crippen MR) is 121 cm³/mol. The first-order valence-electron chi connectivity index (χ1n) is 9.07. The van der Waals surface area contributed by atoms with Gasteiger partial charge in [0.15, 0.2) is 0 Å². The van der Waals surface area contributed by atoms with Crippen molar-refractivity contribution in [3.63, 3.8) is 0 Å². The minimum atomic E-state index is -3.52. The highest BCUT2D eigenvalue weighted by atomic mass is 32.2. The second-order valence-electron chi connectivity index (χ2n) is 6.33. The van der Waals surface area contributed by atoms with E-state index in [2.05, 4.69) is 48.9 Å². The van der Waals surface area contributed by atoms with Crippen LogP contribution in [0, 0.1) is 0 Å². The lowest BCUT2D eigenvalue weighted by atomic mass is 10.2. The molecule has 0 spiro atoms. The van der Waals surface area contributed by atoms with Gasteiger partial charge in [-0.3, -0.25) is 0 Å². The van der Waals surface area contributed by atoms with Gasteiger partial charge in [-0.2, -0.15) is 0 Å². The van der Waals surface area contributed by atoms with E-state index in [-0.39, 0.29) is 4.90 Å². The van der Waals surface area contributed by atoms with Gasteiger partial charge in [0.1, 0.15) is 18.0 Å². The Labute approximate surface area is 178 Å². The molecule has 2 heterocycles. The van der Waals surface area contributed by atoms with Crippen LogP contribution < -0.4 is 15.4 Å². The van der Waals surface area contributed by atoms with Crippen LogP contribution in [0.4, 0.5) is 23.0 Å². The van der Waals surface area contributed by atoms with Crippen molar-refractivity contribution in [3.05, 3.63) is 78.4 Å². The van der Waals surface area contributed by atoms with E-state index in [4.69, 9.17) is 0 Å². The summed E-state index contributed by atoms with van der Waals surface area (Å²) in [7, 11) is -2.14. The highest BCUT2D eigenvalue weighted by Crippen LogP contribution is 2.27. The topological polar surface area (TPSA) is 96.0 Å². The number of thiophene rings is 1. The summed E-state index contributed by atoms with van der Waals surface area (Å²) in [6.45, 7) is 0. The molecule has 9 heteroatoms. The van der Waals surface area contributed by atoms with Gasteiger partial charge in [-0.05, 0) is 54.4 Å². The van der Waals surface area contributed by atoms with Crippen LogP contribution in [0.3, 0.4) is 0 Å². The molecule has 2 aromatic heterocycles. The van der Waals surface area contributed by atoms with E-state index in [0.717, 1.165) is 11.3 Å². The summed E-state index contributed by atoms with van der Waals surface area (Å²) in [5, 5.41) is 8.42. The zero-order valence-electron chi connectivity index (χ0n) is 16.0. The number of aromatic nitrogens is 2. The van der Waals surface area contributed by atoms with Gasteiger partial charge in [0.2, 0.25) is 10.0 Å². The normalized spacial score (nSPS) is 11.2. The van der Waals surface area contributed by atoms with Gasteiger partial charge in [0, 0.05) is 22.3 Å². The summed E-state index contributed by atoms with van der Waals surface area (Å²) in [6, 6.07) is 20.5. The van der Waals surface area contributed by atoms with Gasteiger partial charge in [-0.15, -0.1) is 11.3 Å². The predicted octanol–water partition coefficient (Wildman–Crippen LogP) is 4.60. The Balaban J connectivity index is 1.49. The molecule has 0 saturated heterocycles. The van der Waals surface area contributed by atoms with E-state index in [9.17, 15) is 8.42 Å². The Morgan fingerprint density at radius 2 is 1.57 bits per heavy atom. The number of hydrogen-bond donors (Lipinski definition) is 3. The molecule has 0 unspecified atom stereocenters. The molecular formula is C21H19N5O2S2. The molecule has 0 radical (unpaired) electrons. The van der Waals surface area contributed by atoms with Gasteiger partial charge in [-0.25, -0.2) is 23.1 Å². The second-order valence-corrected chi connectivity index (χ2v) is 9.16. The van der Waals surface area contributed by atoms with Crippen LogP contribution in [0.1, 0.15) is 0 Å². The van der Waals surface area contributed by atoms with Crippen LogP contribution in [-0.2, 0) is 10.0 Å². The van der Waals surface area contributed by atoms with E-state index in [1.807, 2.05) is 18.2 Å². The molecule has 0 aliphatic heterocycles. The number of hydrogen-bond acceptors (Lipinski definition) is 7. The number of rotatable bonds is 7. The summed E-state index contributed by atoms with van der Waals surface area (Å²) < 4.78 is 26.3. The third-order valence-electron chi connectivity index (χ3n) is 4.32. The standard InChI is InChI=1S/C21H19N5O2S2/c1-22-30(27,28)18-5-2-4-17(12-18)26-21-13-20(23-14-24-21)25-16-9-7-15(8-10-16)19-6-3-11-29-19/h2-14,22H,1H3,(H2,23,24,25,26). The second kappa shape index (κ2) is 8.62. The van der Waals surface area contributed by atoms with Crippen molar-refractivity contribution in [1.29, 1.82) is 0 Å². The van der Waals surface area contributed by atoms with E-state index in [1.165, 1.54) is 24.3 Å². The molecule has 152 valence electrons. The summed E-state index contributed by atoms with van der Waals surface area (Å²) in [6.07, 6.45) is 1.44. The maximum atomic E-state index is 12.0. The molecule has 3 N–H and O–H groups in total. The van der Waals surface area contributed by atoms with Crippen molar-refractivity contribution in [2.24, 2.45) is 0 Å². The van der Waals surface area contributed by atoms with Crippen LogP contribution in [0.25, 0.3) is 10.4 Å². The minimum Gasteiger partial charge on any atom is -0.340 e. The fraction of sp³-hybridized carbons (Fsp3) is 0.0476. The van der Waals surface area contributed by atoms with Gasteiger partial charge >= 0.3 is 0 Å². The quantitative estimate of drug-likeness (QED) is 0.391. The van der Waals surface area contributed by atoms with Crippen molar-refractivity contribution in [2.45, 2.75) is 4.90 Å². The van der Waals surface area contributed by atoms with Crippen molar-refractivity contribution >= 4 is 44.4 Å². The summed E-state index contributed by atoms with van der Waals surface area (Å²) in [4.78, 5) is 9.86. The Morgan fingerprint density at radius 1 is 0.833 bits per heavy atom. The van der Waals surface area contributed by atoms with Crippen LogP contribution in [-0.4, -0.2) is 25.4 Å². The molecule has 7 nitrogen and oxygen atoms in total. The van der Waals surface area contributed by atoms with Gasteiger partial charge < -0.3 is 10.6 Å². The molecule has 30 heavy (non-hydrogen) atoms. The highest BCUT2D eigenvalue weighted by Gasteiger charge is 2.11. The molecule has 0 amide bonds. The van der Waals surface area contributed by atoms with E-state index < -0.39 is 10.0 Å². The molecule has 4 aromatic rings. The molecule has 4 rings (SSSR count). The van der Waals surface area contributed by atoms with E-state index in [1.54, 1.807) is 35.6 Å². The van der Waals surface area contributed by atoms with Gasteiger partial charge in [-0.1, -0.05) is 24.3 Å². The largest absolute Gasteiger partial charge is 0.340 e. The Kier molecular flexibility index (Phi) is 5.75. The van der Waals surface area contributed by atoms with Crippen LogP contribution >= 0.6 is 11.3 Å². The molecule has 0 fully saturated rings. The smallest absolute Gasteiger partial charge is 0.240 e. The lowest BCUT2D eigenvalue weighted by Gasteiger charge is -2.10. The van der Waals surface area contributed by atoms with Crippen molar-refractivity contribution < 1.29 is 8.42 Å². The average Bonchev–Trinajstić information content (AvgIpc) is 3.30. The number of sulfonamides is 1. The zero-order valence-corrected chi connectivity index (χ0v) is 17.7. The monoisotopic (exact) mass is 437 g/mol. The molecular weight excluding hydrogens is 418 g/mol. The fourth-order valence-corrected chi connectivity index (χ4v) is 4.32. The molecule has 2 aromatic carbocycles. The SMILES string of the molecule is CNS(=O)(=O)c1cccc(Nc2cc(Nc3ccc(-c4cccs4)cc3)ncn2)c1. The average molecular weight is 438 g/mol. The maximum Gasteiger partial charge on any atom is 0.240 e. The van der Waals surface area contributed by atoms with Crippen molar-refractivity contribution in [2.75, 3.05) is 17.7 Å². The highest BCUT2D eigenvalue weighted by molar-refractivity contribution is 7.89. The number of benzene rings is 2. The number of nitrogens with one attached hydrogen (secondary N) is 3. The van der Waals surface area contributed by atoms with Crippen LogP contribution in [0.2, 0.25) is 0 Å². The lowest BCUT2D eigenvalue weighted by molar-refractivity contribution is 0.588. The van der Waals surface area contributed by atoms with Crippen molar-refractivity contribution in [1.82, 2.24) is 14.7 Å². The van der Waals surface area contributed by atoms with Crippen LogP contribution in [0.5, 0.6) is 0 Å². The molecule has 0 saturated carbocycles. The number of anilines is 4. The summed E-state index contributed by atoms with van der Waals surface area (Å²) in [5.74, 6) is 1.16. The number of nitrogens with zero attached hydrogens (tertiary/aromatic N) is 2. The summed E-state index contributed by atoms with van der Waals surface area (Å²) >= 11 is 1.70. The Bertz CT molecular complexity index is 1240. The molecule has 0 bridgehead atoms. The van der Waals surface area contributed by atoms with E-state index in [0.29, 0.717) is 17.3 Å². The first kappa shape index (κ1) is 20.0. The third kappa shape index (κ3) is 4.65. The van der Waals surface area contributed by atoms with E-state index >= 15 is 0 Å². The van der Waals surface area contributed by atoms with Crippen LogP contribution in [0.15, 0.2) is 83.3 Å². The fourth-order valence-electron chi connectivity index (χ4n) is 2.81. The summed E-state index contributed by atoms with van der Waals surface area (Å²) in [5.41, 5.74) is 2.68. The zero-order chi connectivity index (χ0) is 21.0. The van der Waals surface area contributed by atoms with Crippen molar-refractivity contribution in [3.8, 4) is 10.4 Å². The first-order valence-corrected chi connectivity index (χ1v) is 11.4. The third-order valence-corrected chi connectivity index (χ3v) is 6.65. The maximum absolute atomic E-state index is 12.0. The van der Waals surface area contributed by atoms with Gasteiger partial charge in [0.05, 0.1) is 4.90 Å². The Hall–Kier alpha value is -3.27. The molecule has 0 atom stereocenters.